The van der Waals surface area contributed by atoms with Crippen LogP contribution in [0.3, 0.4) is 0 Å². The Morgan fingerprint density at radius 2 is 2.08 bits per heavy atom. The first-order valence-corrected chi connectivity index (χ1v) is 9.04. The highest BCUT2D eigenvalue weighted by Crippen LogP contribution is 2.31. The molecule has 1 heterocycles. The minimum absolute atomic E-state index is 0.0196. The Kier molecular flexibility index (Phi) is 5.11. The molecule has 128 valence electrons. The van der Waals surface area contributed by atoms with Gasteiger partial charge in [0.15, 0.2) is 0 Å². The van der Waals surface area contributed by atoms with Crippen molar-refractivity contribution in [3.63, 3.8) is 0 Å². The monoisotopic (exact) mass is 390 g/mol. The zero-order valence-electron chi connectivity index (χ0n) is 12.4. The van der Waals surface area contributed by atoms with Gasteiger partial charge in [0.25, 0.3) is 15.7 Å². The molecule has 0 amide bonds. The number of halogens is 1. The van der Waals surface area contributed by atoms with Crippen LogP contribution in [0.2, 0.25) is 5.02 Å². The van der Waals surface area contributed by atoms with Gasteiger partial charge in [-0.15, -0.1) is 11.3 Å². The highest BCUT2D eigenvalue weighted by molar-refractivity contribution is 7.92. The number of anilines is 1. The zero-order valence-corrected chi connectivity index (χ0v) is 14.8. The molecule has 8 nitrogen and oxygen atoms in total. The molecule has 0 spiro atoms. The summed E-state index contributed by atoms with van der Waals surface area (Å²) in [6.07, 6.45) is 0. The number of nitro benzene ring substituents is 1. The summed E-state index contributed by atoms with van der Waals surface area (Å²) >= 11 is 6.88. The normalized spacial score (nSPS) is 11.1. The summed E-state index contributed by atoms with van der Waals surface area (Å²) in [5.41, 5.74) is -0.237. The predicted octanol–water partition coefficient (Wildman–Crippen LogP) is 3.21. The Hall–Kier alpha value is -2.17. The van der Waals surface area contributed by atoms with E-state index in [9.17, 15) is 23.3 Å². The van der Waals surface area contributed by atoms with Crippen LogP contribution in [0.15, 0.2) is 28.5 Å². The maximum Gasteiger partial charge on any atom is 0.350 e. The predicted molar refractivity (Wildman–Crippen MR) is 89.3 cm³/mol. The molecule has 0 unspecified atom stereocenters. The molecule has 0 fully saturated rings. The summed E-state index contributed by atoms with van der Waals surface area (Å²) < 4.78 is 31.7. The molecule has 0 bridgehead atoms. The van der Waals surface area contributed by atoms with Crippen molar-refractivity contribution in [2.24, 2.45) is 0 Å². The topological polar surface area (TPSA) is 116 Å². The first-order valence-electron chi connectivity index (χ1n) is 6.30. The number of nitrogens with zero attached hydrogens (tertiary/aromatic N) is 1. The van der Waals surface area contributed by atoms with Gasteiger partial charge in [0, 0.05) is 11.6 Å². The van der Waals surface area contributed by atoms with E-state index in [-0.39, 0.29) is 26.0 Å². The van der Waals surface area contributed by atoms with E-state index in [4.69, 9.17) is 11.6 Å². The summed E-state index contributed by atoms with van der Waals surface area (Å²) in [7, 11) is -3.01. The summed E-state index contributed by atoms with van der Waals surface area (Å²) in [6.45, 7) is 1.42. The smallest absolute Gasteiger partial charge is 0.350 e. The van der Waals surface area contributed by atoms with Crippen molar-refractivity contribution >= 4 is 50.3 Å². The lowest BCUT2D eigenvalue weighted by molar-refractivity contribution is -0.385. The van der Waals surface area contributed by atoms with Crippen LogP contribution in [0, 0.1) is 17.0 Å². The van der Waals surface area contributed by atoms with E-state index in [0.29, 0.717) is 0 Å². The lowest BCUT2D eigenvalue weighted by atomic mass is 10.2. The first kappa shape index (κ1) is 18.2. The number of carbonyl (C=O) groups excluding carboxylic acids is 1. The Labute approximate surface area is 146 Å². The van der Waals surface area contributed by atoms with Crippen molar-refractivity contribution in [2.75, 3.05) is 11.8 Å². The molecule has 0 aliphatic rings. The molecule has 1 N–H and O–H groups in total. The van der Waals surface area contributed by atoms with Crippen LogP contribution in [-0.4, -0.2) is 26.4 Å². The molecule has 0 saturated heterocycles. The van der Waals surface area contributed by atoms with Gasteiger partial charge in [-0.3, -0.25) is 14.8 Å². The third-order valence-electron chi connectivity index (χ3n) is 3.08. The highest BCUT2D eigenvalue weighted by atomic mass is 35.5. The number of thiophene rings is 1. The van der Waals surface area contributed by atoms with Gasteiger partial charge in [0.05, 0.1) is 27.6 Å². The lowest BCUT2D eigenvalue weighted by Crippen LogP contribution is -2.15. The van der Waals surface area contributed by atoms with Gasteiger partial charge in [0.1, 0.15) is 4.88 Å². The minimum atomic E-state index is -4.18. The molecule has 0 saturated carbocycles. The maximum atomic E-state index is 12.5. The van der Waals surface area contributed by atoms with Crippen LogP contribution < -0.4 is 4.72 Å². The number of hydrogen-bond donors (Lipinski definition) is 1. The van der Waals surface area contributed by atoms with E-state index in [1.165, 1.54) is 25.5 Å². The molecule has 24 heavy (non-hydrogen) atoms. The minimum Gasteiger partial charge on any atom is -0.465 e. The first-order chi connectivity index (χ1) is 11.2. The Bertz CT molecular complexity index is 923. The quantitative estimate of drug-likeness (QED) is 0.476. The van der Waals surface area contributed by atoms with Crippen molar-refractivity contribution < 1.29 is 22.9 Å². The standard InChI is InChI=1S/C13H11ClN2O6S2/c1-7-9(14)5-8(6-11(7)16(18)19)24(20,21)15-10-3-4-23-12(10)13(17)22-2/h3-6,15H,1-2H3. The summed E-state index contributed by atoms with van der Waals surface area (Å²) in [5.74, 6) is -0.699. The van der Waals surface area contributed by atoms with Crippen molar-refractivity contribution in [3.8, 4) is 0 Å². The second kappa shape index (κ2) is 6.75. The molecule has 0 atom stereocenters. The fraction of sp³-hybridized carbons (Fsp3) is 0.154. The third-order valence-corrected chi connectivity index (χ3v) is 5.71. The van der Waals surface area contributed by atoms with E-state index < -0.39 is 26.6 Å². The number of esters is 1. The van der Waals surface area contributed by atoms with Gasteiger partial charge in [-0.1, -0.05) is 11.6 Å². The molecule has 11 heteroatoms. The highest BCUT2D eigenvalue weighted by Gasteiger charge is 2.24. The van der Waals surface area contributed by atoms with Crippen molar-refractivity contribution in [3.05, 3.63) is 49.2 Å². The molecule has 0 aliphatic carbocycles. The number of benzene rings is 1. The number of nitrogens with one attached hydrogen (secondary N) is 1. The average molecular weight is 391 g/mol. The van der Waals surface area contributed by atoms with E-state index in [2.05, 4.69) is 9.46 Å². The number of nitro groups is 1. The number of ether oxygens (including phenoxy) is 1. The van der Waals surface area contributed by atoms with E-state index >= 15 is 0 Å². The fourth-order valence-electron chi connectivity index (χ4n) is 1.83. The van der Waals surface area contributed by atoms with Gasteiger partial charge < -0.3 is 4.74 Å². The van der Waals surface area contributed by atoms with Gasteiger partial charge in [-0.05, 0) is 24.4 Å². The van der Waals surface area contributed by atoms with Crippen molar-refractivity contribution in [1.82, 2.24) is 0 Å². The number of hydrogen-bond acceptors (Lipinski definition) is 7. The Morgan fingerprint density at radius 3 is 2.67 bits per heavy atom. The van der Waals surface area contributed by atoms with Crippen molar-refractivity contribution in [2.45, 2.75) is 11.8 Å². The van der Waals surface area contributed by atoms with Gasteiger partial charge in [-0.25, -0.2) is 13.2 Å². The van der Waals surface area contributed by atoms with E-state index in [1.54, 1.807) is 0 Å². The SMILES string of the molecule is COC(=O)c1sccc1NS(=O)(=O)c1cc(Cl)c(C)c([N+](=O)[O-])c1. The van der Waals surface area contributed by atoms with Gasteiger partial charge in [-0.2, -0.15) is 0 Å². The zero-order chi connectivity index (χ0) is 18.1. The summed E-state index contributed by atoms with van der Waals surface area (Å²) in [6, 6.07) is 3.41. The lowest BCUT2D eigenvalue weighted by Gasteiger charge is -2.10. The van der Waals surface area contributed by atoms with Crippen LogP contribution >= 0.6 is 22.9 Å². The summed E-state index contributed by atoms with van der Waals surface area (Å²) in [5, 5.41) is 12.5. The number of sulfonamides is 1. The summed E-state index contributed by atoms with van der Waals surface area (Å²) in [4.78, 5) is 21.6. The molecule has 2 rings (SSSR count). The average Bonchev–Trinajstić information content (AvgIpc) is 2.95. The van der Waals surface area contributed by atoms with Crippen LogP contribution in [0.25, 0.3) is 0 Å². The van der Waals surface area contributed by atoms with Crippen LogP contribution in [0.5, 0.6) is 0 Å². The second-order valence-corrected chi connectivity index (χ2v) is 7.57. The third kappa shape index (κ3) is 3.50. The van der Waals surface area contributed by atoms with Crippen LogP contribution in [0.4, 0.5) is 11.4 Å². The molecular formula is C13H11ClN2O6S2. The van der Waals surface area contributed by atoms with E-state index in [1.807, 2.05) is 0 Å². The second-order valence-electron chi connectivity index (χ2n) is 4.57. The molecule has 2 aromatic rings. The molecule has 0 aliphatic heterocycles. The van der Waals surface area contributed by atoms with Gasteiger partial charge >= 0.3 is 5.97 Å². The van der Waals surface area contributed by atoms with Crippen LogP contribution in [0.1, 0.15) is 15.2 Å². The number of rotatable bonds is 5. The van der Waals surface area contributed by atoms with E-state index in [0.717, 1.165) is 23.5 Å². The molecule has 1 aromatic carbocycles. The van der Waals surface area contributed by atoms with Crippen LogP contribution in [-0.2, 0) is 14.8 Å². The number of carbonyl (C=O) groups is 1. The largest absolute Gasteiger partial charge is 0.465 e. The molecule has 0 radical (unpaired) electrons. The number of methoxy groups -OCH3 is 1. The Morgan fingerprint density at radius 1 is 1.42 bits per heavy atom. The maximum absolute atomic E-state index is 12.5. The Balaban J connectivity index is 2.48. The molecular weight excluding hydrogens is 380 g/mol. The van der Waals surface area contributed by atoms with Crippen molar-refractivity contribution in [1.29, 1.82) is 0 Å². The molecule has 1 aromatic heterocycles. The fourth-order valence-corrected chi connectivity index (χ4v) is 4.06. The van der Waals surface area contributed by atoms with Gasteiger partial charge in [0.2, 0.25) is 0 Å².